The number of ether oxygens (including phenoxy) is 2. The van der Waals surface area contributed by atoms with E-state index in [1.54, 1.807) is 12.3 Å². The second-order valence-corrected chi connectivity index (χ2v) is 6.73. The number of aromatic nitrogens is 3. The lowest BCUT2D eigenvalue weighted by molar-refractivity contribution is -0.387. The van der Waals surface area contributed by atoms with Crippen LogP contribution in [-0.2, 0) is 0 Å². The summed E-state index contributed by atoms with van der Waals surface area (Å²) < 4.78 is 11.1. The Labute approximate surface area is 169 Å². The zero-order valence-corrected chi connectivity index (χ0v) is 16.1. The number of aromatic hydroxyl groups is 1. The number of nitro benzene ring substituents is 1. The lowest BCUT2D eigenvalue weighted by Crippen LogP contribution is -2.19. The number of nitrogens with zero attached hydrogens (tertiary/aromatic N) is 4. The molecule has 29 heavy (non-hydrogen) atoms. The average molecular weight is 413 g/mol. The van der Waals surface area contributed by atoms with Gasteiger partial charge < -0.3 is 19.9 Å². The van der Waals surface area contributed by atoms with Crippen LogP contribution in [0.1, 0.15) is 11.8 Å². The third-order valence-corrected chi connectivity index (χ3v) is 4.87. The number of methoxy groups -OCH3 is 1. The highest BCUT2D eigenvalue weighted by Crippen LogP contribution is 2.45. The summed E-state index contributed by atoms with van der Waals surface area (Å²) in [7, 11) is 1.25. The van der Waals surface area contributed by atoms with Crippen molar-refractivity contribution in [1.82, 2.24) is 15.2 Å². The maximum absolute atomic E-state index is 11.8. The maximum Gasteiger partial charge on any atom is 0.323 e. The number of thioether (sulfide) groups is 1. The van der Waals surface area contributed by atoms with Crippen molar-refractivity contribution < 1.29 is 19.5 Å². The average Bonchev–Trinajstić information content (AvgIpc) is 2.89. The molecule has 2 aromatic carbocycles. The van der Waals surface area contributed by atoms with E-state index < -0.39 is 16.8 Å². The Morgan fingerprint density at radius 3 is 2.79 bits per heavy atom. The summed E-state index contributed by atoms with van der Waals surface area (Å²) in [6.07, 6.45) is 0.818. The molecule has 4 rings (SSSR count). The molecule has 2 heterocycles. The van der Waals surface area contributed by atoms with Crippen LogP contribution in [-0.4, -0.2) is 38.6 Å². The Balaban J connectivity index is 1.92. The molecule has 2 N–H and O–H groups in total. The number of anilines is 1. The van der Waals surface area contributed by atoms with Gasteiger partial charge in [0.2, 0.25) is 23.0 Å². The highest BCUT2D eigenvalue weighted by molar-refractivity contribution is 7.98. The summed E-state index contributed by atoms with van der Waals surface area (Å²) in [6.45, 7) is 0. The SMILES string of the molecule is COc1c(O)ccc(C2Nc3ccccc3-c3nnc(SC)nc3O2)c1[N+](=O)[O-]. The van der Waals surface area contributed by atoms with Crippen LogP contribution in [0.3, 0.4) is 0 Å². The van der Waals surface area contributed by atoms with E-state index in [0.29, 0.717) is 22.1 Å². The van der Waals surface area contributed by atoms with Crippen LogP contribution in [0.2, 0.25) is 0 Å². The monoisotopic (exact) mass is 413 g/mol. The highest BCUT2D eigenvalue weighted by Gasteiger charge is 2.34. The lowest BCUT2D eigenvalue weighted by Gasteiger charge is -2.20. The van der Waals surface area contributed by atoms with Gasteiger partial charge in [0.05, 0.1) is 17.6 Å². The largest absolute Gasteiger partial charge is 0.504 e. The van der Waals surface area contributed by atoms with Gasteiger partial charge in [0.1, 0.15) is 0 Å². The number of nitrogens with one attached hydrogen (secondary N) is 1. The van der Waals surface area contributed by atoms with Crippen molar-refractivity contribution in [3.05, 3.63) is 52.1 Å². The molecule has 10 nitrogen and oxygen atoms in total. The van der Waals surface area contributed by atoms with Gasteiger partial charge in [0, 0.05) is 11.3 Å². The zero-order chi connectivity index (χ0) is 20.5. The maximum atomic E-state index is 11.8. The number of hydrogen-bond acceptors (Lipinski definition) is 10. The molecule has 0 bridgehead atoms. The van der Waals surface area contributed by atoms with Crippen molar-refractivity contribution >= 4 is 23.1 Å². The first-order valence-corrected chi connectivity index (χ1v) is 9.61. The van der Waals surface area contributed by atoms with Crippen molar-refractivity contribution in [2.75, 3.05) is 18.7 Å². The predicted molar refractivity (Wildman–Crippen MR) is 105 cm³/mol. The molecule has 0 saturated heterocycles. The number of phenolic OH excluding ortho intramolecular Hbond substituents is 1. The fourth-order valence-electron chi connectivity index (χ4n) is 3.05. The van der Waals surface area contributed by atoms with Crippen LogP contribution in [0.15, 0.2) is 41.6 Å². The molecule has 1 unspecified atom stereocenters. The first kappa shape index (κ1) is 18.7. The lowest BCUT2D eigenvalue weighted by atomic mass is 10.1. The van der Waals surface area contributed by atoms with Crippen molar-refractivity contribution in [2.45, 2.75) is 11.4 Å². The van der Waals surface area contributed by atoms with Crippen molar-refractivity contribution in [3.63, 3.8) is 0 Å². The van der Waals surface area contributed by atoms with Gasteiger partial charge in [-0.25, -0.2) is 0 Å². The first-order chi connectivity index (χ1) is 14.0. The van der Waals surface area contributed by atoms with Crippen LogP contribution >= 0.6 is 11.8 Å². The summed E-state index contributed by atoms with van der Waals surface area (Å²) in [6, 6.07) is 10.0. The number of nitro groups is 1. The Morgan fingerprint density at radius 2 is 2.07 bits per heavy atom. The Morgan fingerprint density at radius 1 is 1.28 bits per heavy atom. The Kier molecular flexibility index (Phi) is 4.80. The molecule has 1 atom stereocenters. The normalized spacial score (nSPS) is 14.6. The third-order valence-electron chi connectivity index (χ3n) is 4.33. The molecular formula is C18H15N5O5S. The molecule has 1 aliphatic rings. The van der Waals surface area contributed by atoms with Gasteiger partial charge in [-0.3, -0.25) is 10.1 Å². The van der Waals surface area contributed by atoms with E-state index >= 15 is 0 Å². The molecule has 1 aromatic heterocycles. The third kappa shape index (κ3) is 3.25. The summed E-state index contributed by atoms with van der Waals surface area (Å²) in [4.78, 5) is 15.5. The summed E-state index contributed by atoms with van der Waals surface area (Å²) in [5.41, 5.74) is 1.52. The Hall–Kier alpha value is -3.60. The van der Waals surface area contributed by atoms with Crippen LogP contribution in [0.4, 0.5) is 11.4 Å². The van der Waals surface area contributed by atoms with E-state index in [9.17, 15) is 15.2 Å². The molecule has 0 fully saturated rings. The minimum absolute atomic E-state index is 0.164. The fraction of sp³-hybridized carbons (Fsp3) is 0.167. The van der Waals surface area contributed by atoms with Crippen LogP contribution in [0, 0.1) is 10.1 Å². The molecule has 3 aromatic rings. The molecular weight excluding hydrogens is 398 g/mol. The predicted octanol–water partition coefficient (Wildman–Crippen LogP) is 3.39. The topological polar surface area (TPSA) is 133 Å². The standard InChI is InChI=1S/C18H15N5O5S/c1-27-15-12(24)8-7-10(14(15)23(25)26)16-19-11-6-4-3-5-9(11)13-17(28-16)20-18(29-2)22-21-13/h3-8,16,19,24H,1-2H3. The number of fused-ring (bicyclic) bond motifs is 3. The van der Waals surface area contributed by atoms with Gasteiger partial charge in [-0.15, -0.1) is 10.2 Å². The van der Waals surface area contributed by atoms with Crippen LogP contribution < -0.4 is 14.8 Å². The molecule has 0 saturated carbocycles. The quantitative estimate of drug-likeness (QED) is 0.372. The second-order valence-electron chi connectivity index (χ2n) is 5.95. The van der Waals surface area contributed by atoms with Gasteiger partial charge in [0.15, 0.2) is 11.4 Å². The first-order valence-electron chi connectivity index (χ1n) is 8.39. The number of rotatable bonds is 4. The molecule has 148 valence electrons. The van der Waals surface area contributed by atoms with Crippen LogP contribution in [0.25, 0.3) is 11.3 Å². The van der Waals surface area contributed by atoms with E-state index in [2.05, 4.69) is 20.5 Å². The minimum atomic E-state index is -0.987. The van der Waals surface area contributed by atoms with Crippen molar-refractivity contribution in [2.24, 2.45) is 0 Å². The van der Waals surface area contributed by atoms with Gasteiger partial charge in [-0.1, -0.05) is 30.0 Å². The van der Waals surface area contributed by atoms with Gasteiger partial charge in [-0.05, 0) is 24.5 Å². The van der Waals surface area contributed by atoms with Gasteiger partial charge in [-0.2, -0.15) is 4.98 Å². The number of benzene rings is 2. The van der Waals surface area contributed by atoms with Gasteiger partial charge in [0.25, 0.3) is 0 Å². The number of para-hydroxylation sites is 1. The smallest absolute Gasteiger partial charge is 0.323 e. The highest BCUT2D eigenvalue weighted by atomic mass is 32.2. The van der Waals surface area contributed by atoms with E-state index in [-0.39, 0.29) is 22.9 Å². The molecule has 0 radical (unpaired) electrons. The van der Waals surface area contributed by atoms with Gasteiger partial charge >= 0.3 is 5.69 Å². The molecule has 0 aliphatic carbocycles. The number of phenols is 1. The van der Waals surface area contributed by atoms with Crippen molar-refractivity contribution in [3.8, 4) is 28.6 Å². The van der Waals surface area contributed by atoms with Crippen molar-refractivity contribution in [1.29, 1.82) is 0 Å². The molecule has 0 amide bonds. The van der Waals surface area contributed by atoms with E-state index in [4.69, 9.17) is 9.47 Å². The molecule has 11 heteroatoms. The minimum Gasteiger partial charge on any atom is -0.504 e. The summed E-state index contributed by atoms with van der Waals surface area (Å²) >= 11 is 1.30. The second kappa shape index (κ2) is 7.43. The molecule has 0 spiro atoms. The van der Waals surface area contributed by atoms with E-state index in [1.165, 1.54) is 31.0 Å². The van der Waals surface area contributed by atoms with Crippen LogP contribution in [0.5, 0.6) is 17.4 Å². The zero-order valence-electron chi connectivity index (χ0n) is 15.3. The van der Waals surface area contributed by atoms with E-state index in [1.807, 2.05) is 18.2 Å². The Bertz CT molecular complexity index is 1110. The number of hydrogen-bond donors (Lipinski definition) is 2. The summed E-state index contributed by atoms with van der Waals surface area (Å²) in [5, 5.41) is 33.6. The summed E-state index contributed by atoms with van der Waals surface area (Å²) in [5.74, 6) is -0.402. The molecule has 1 aliphatic heterocycles. The fourth-order valence-corrected chi connectivity index (χ4v) is 3.35. The van der Waals surface area contributed by atoms with E-state index in [0.717, 1.165) is 0 Å².